The van der Waals surface area contributed by atoms with Gasteiger partial charge in [-0.25, -0.2) is 0 Å². The Morgan fingerprint density at radius 1 is 1.36 bits per heavy atom. The van der Waals surface area contributed by atoms with Crippen LogP contribution in [0, 0.1) is 0 Å². The van der Waals surface area contributed by atoms with Crippen molar-refractivity contribution in [2.24, 2.45) is 5.73 Å². The van der Waals surface area contributed by atoms with Crippen molar-refractivity contribution in [3.63, 3.8) is 0 Å². The highest BCUT2D eigenvalue weighted by molar-refractivity contribution is 5.58. The molecule has 0 amide bonds. The quantitative estimate of drug-likeness (QED) is 0.517. The molecule has 4 rings (SSSR count). The van der Waals surface area contributed by atoms with E-state index in [1.54, 1.807) is 0 Å². The molecule has 0 saturated carbocycles. The summed E-state index contributed by atoms with van der Waals surface area (Å²) in [7, 11) is 0. The fourth-order valence-corrected chi connectivity index (χ4v) is 2.40. The molecule has 14 heavy (non-hydrogen) atoms. The van der Waals surface area contributed by atoms with Gasteiger partial charge in [-0.2, -0.15) is 0 Å². The maximum atomic E-state index is 5.97. The molecule has 1 aliphatic carbocycles. The molecule has 2 atom stereocenters. The summed E-state index contributed by atoms with van der Waals surface area (Å²) in [5.74, 6) is 1.36. The Morgan fingerprint density at radius 3 is 2.86 bits per heavy atom. The molecule has 1 spiro atoms. The maximum absolute atomic E-state index is 5.97. The van der Waals surface area contributed by atoms with E-state index >= 15 is 0 Å². The summed E-state index contributed by atoms with van der Waals surface area (Å²) in [5.41, 5.74) is 6.11. The van der Waals surface area contributed by atoms with Crippen molar-refractivity contribution in [2.45, 2.75) is 31.2 Å². The van der Waals surface area contributed by atoms with E-state index in [2.05, 4.69) is 6.92 Å². The Bertz CT molecular complexity index is 427. The van der Waals surface area contributed by atoms with Gasteiger partial charge in [0.1, 0.15) is 0 Å². The highest BCUT2D eigenvalue weighted by Crippen LogP contribution is 2.71. The first-order valence-corrected chi connectivity index (χ1v) is 4.74. The van der Waals surface area contributed by atoms with Crippen LogP contribution in [-0.4, -0.2) is 11.4 Å². The Balaban J connectivity index is 1.89. The molecule has 3 saturated heterocycles. The van der Waals surface area contributed by atoms with Crippen LogP contribution in [0.1, 0.15) is 19.8 Å². The van der Waals surface area contributed by atoms with E-state index in [4.69, 9.17) is 25.0 Å². The average Bonchev–Trinajstić information content (AvgIpc) is 2.96. The molecule has 4 aliphatic rings. The molecule has 2 unspecified atom stereocenters. The van der Waals surface area contributed by atoms with Crippen molar-refractivity contribution in [3.8, 4) is 0 Å². The highest BCUT2D eigenvalue weighted by atomic mass is 17.3. The van der Waals surface area contributed by atoms with Gasteiger partial charge in [0.25, 0.3) is 5.76 Å². The zero-order valence-corrected chi connectivity index (χ0v) is 7.62. The van der Waals surface area contributed by atoms with Crippen molar-refractivity contribution in [1.29, 1.82) is 0 Å². The fraction of sp³-hybridized carbons (Fsp3) is 0.556. The number of epoxide rings is 2. The van der Waals surface area contributed by atoms with E-state index in [0.717, 1.165) is 18.6 Å². The third-order valence-electron chi connectivity index (χ3n) is 3.21. The summed E-state index contributed by atoms with van der Waals surface area (Å²) in [5, 5.41) is 0. The van der Waals surface area contributed by atoms with Gasteiger partial charge >= 0.3 is 5.79 Å². The van der Waals surface area contributed by atoms with Crippen molar-refractivity contribution in [2.75, 3.05) is 0 Å². The second kappa shape index (κ2) is 1.66. The lowest BCUT2D eigenvalue weighted by atomic mass is 9.88. The summed E-state index contributed by atoms with van der Waals surface area (Å²) in [6, 6.07) is 0. The summed E-state index contributed by atoms with van der Waals surface area (Å²) < 4.78 is 10.9. The van der Waals surface area contributed by atoms with Gasteiger partial charge in [-0.3, -0.25) is 0 Å². The lowest BCUT2D eigenvalue weighted by Gasteiger charge is -2.28. The van der Waals surface area contributed by atoms with Gasteiger partial charge in [-0.05, 0) is 6.42 Å². The van der Waals surface area contributed by atoms with Crippen LogP contribution in [0.2, 0.25) is 0 Å². The second-order valence-electron chi connectivity index (χ2n) is 3.97. The molecule has 3 heterocycles. The molecule has 2 N–H and O–H groups in total. The third-order valence-corrected chi connectivity index (χ3v) is 3.21. The summed E-state index contributed by atoms with van der Waals surface area (Å²) in [6.07, 6.45) is 1.80. The second-order valence-corrected chi connectivity index (χ2v) is 3.97. The number of hydrogen-bond donors (Lipinski definition) is 1. The zero-order valence-electron chi connectivity index (χ0n) is 7.62. The third kappa shape index (κ3) is 0.454. The molecule has 5 nitrogen and oxygen atoms in total. The van der Waals surface area contributed by atoms with E-state index in [1.807, 2.05) is 0 Å². The van der Waals surface area contributed by atoms with Gasteiger partial charge in [0.15, 0.2) is 11.4 Å². The lowest BCUT2D eigenvalue weighted by molar-refractivity contribution is -0.420. The number of rotatable bonds is 2. The maximum Gasteiger partial charge on any atom is 0.315 e. The van der Waals surface area contributed by atoms with E-state index in [9.17, 15) is 0 Å². The predicted octanol–water partition coefficient (Wildman–Crippen LogP) is 0.639. The Morgan fingerprint density at radius 2 is 2.21 bits per heavy atom. The summed E-state index contributed by atoms with van der Waals surface area (Å²) in [6.45, 7) is 2.08. The molecule has 3 aliphatic heterocycles. The van der Waals surface area contributed by atoms with Crippen LogP contribution < -0.4 is 5.73 Å². The van der Waals surface area contributed by atoms with Crippen LogP contribution in [0.25, 0.3) is 0 Å². The first-order chi connectivity index (χ1) is 6.75. The van der Waals surface area contributed by atoms with Crippen molar-refractivity contribution in [1.82, 2.24) is 0 Å². The van der Waals surface area contributed by atoms with Crippen LogP contribution in [0.3, 0.4) is 0 Å². The molecule has 0 aromatic rings. The number of ether oxygens (including phenoxy) is 2. The van der Waals surface area contributed by atoms with Gasteiger partial charge in [0, 0.05) is 0 Å². The minimum absolute atomic E-state index is 0.509. The smallest absolute Gasteiger partial charge is 0.315 e. The molecular formula is C9H9NO4. The van der Waals surface area contributed by atoms with Crippen LogP contribution in [0.15, 0.2) is 23.0 Å². The number of fused-ring (bicyclic) bond motifs is 1. The van der Waals surface area contributed by atoms with E-state index < -0.39 is 11.4 Å². The largest absolute Gasteiger partial charge is 0.443 e. The van der Waals surface area contributed by atoms with Gasteiger partial charge in [0.05, 0.1) is 5.70 Å². The molecule has 0 radical (unpaired) electrons. The molecule has 3 fully saturated rings. The predicted molar refractivity (Wildman–Crippen MR) is 42.9 cm³/mol. The molecular weight excluding hydrogens is 186 g/mol. The van der Waals surface area contributed by atoms with Crippen LogP contribution in [0.5, 0.6) is 0 Å². The summed E-state index contributed by atoms with van der Waals surface area (Å²) >= 11 is 0. The van der Waals surface area contributed by atoms with E-state index in [1.165, 1.54) is 0 Å². The highest BCUT2D eigenvalue weighted by Gasteiger charge is 2.87. The van der Waals surface area contributed by atoms with Crippen molar-refractivity contribution in [3.05, 3.63) is 23.0 Å². The zero-order chi connectivity index (χ0) is 9.55. The Hall–Kier alpha value is -1.20. The molecule has 0 bridgehead atoms. The van der Waals surface area contributed by atoms with Crippen LogP contribution in [-0.2, 0) is 19.2 Å². The SMILES string of the molecule is CCCC12OC13OOC3=C1OC1=C2N. The Kier molecular flexibility index (Phi) is 0.846. The fourth-order valence-electron chi connectivity index (χ4n) is 2.40. The van der Waals surface area contributed by atoms with Gasteiger partial charge in [-0.1, -0.05) is 13.3 Å². The normalized spacial score (nSPS) is 45.5. The van der Waals surface area contributed by atoms with E-state index in [0.29, 0.717) is 17.2 Å². The molecule has 0 aromatic carbocycles. The first kappa shape index (κ1) is 7.14. The number of nitrogens with two attached hydrogens (primary N) is 1. The monoisotopic (exact) mass is 195 g/mol. The van der Waals surface area contributed by atoms with Crippen molar-refractivity contribution < 1.29 is 19.2 Å². The summed E-state index contributed by atoms with van der Waals surface area (Å²) in [4.78, 5) is 9.94. The van der Waals surface area contributed by atoms with Crippen molar-refractivity contribution >= 4 is 0 Å². The van der Waals surface area contributed by atoms with Gasteiger partial charge < -0.3 is 20.1 Å². The minimum Gasteiger partial charge on any atom is -0.443 e. The topological polar surface area (TPSA) is 69.5 Å². The van der Waals surface area contributed by atoms with Gasteiger partial charge in [0.2, 0.25) is 5.76 Å². The van der Waals surface area contributed by atoms with Gasteiger partial charge in [-0.15, -0.1) is 4.89 Å². The lowest BCUT2D eigenvalue weighted by Crippen LogP contribution is -2.44. The minimum atomic E-state index is -0.734. The first-order valence-electron chi connectivity index (χ1n) is 4.74. The van der Waals surface area contributed by atoms with E-state index in [-0.39, 0.29) is 0 Å². The van der Waals surface area contributed by atoms with Crippen LogP contribution >= 0.6 is 0 Å². The Labute approximate surface area is 80.0 Å². The molecule has 74 valence electrons. The standard InChI is InChI=1S/C9H9NO4/c1-2-3-8-6(10)4-5(11-4)7-9(8,13-8)14-12-7/h2-3,10H2,1H3. The van der Waals surface area contributed by atoms with Crippen LogP contribution in [0.4, 0.5) is 0 Å². The average molecular weight is 195 g/mol. The molecule has 5 heteroatoms. The number of hydrogen-bond acceptors (Lipinski definition) is 5. The molecule has 0 aromatic heterocycles.